The van der Waals surface area contributed by atoms with E-state index in [0.29, 0.717) is 23.2 Å². The molecule has 90 valence electrons. The molecule has 1 N–H and O–H groups in total. The first-order valence-electron chi connectivity index (χ1n) is 4.90. The molecule has 6 heteroatoms. The lowest BCUT2D eigenvalue weighted by Gasteiger charge is -2.05. The van der Waals surface area contributed by atoms with Crippen LogP contribution in [0.5, 0.6) is 0 Å². The van der Waals surface area contributed by atoms with Gasteiger partial charge in [-0.15, -0.1) is 0 Å². The van der Waals surface area contributed by atoms with Crippen molar-refractivity contribution < 1.29 is 13.2 Å². The molecule has 0 aliphatic heterocycles. The summed E-state index contributed by atoms with van der Waals surface area (Å²) >= 11 is 0.533. The highest BCUT2D eigenvalue weighted by Crippen LogP contribution is 2.26. The van der Waals surface area contributed by atoms with Crippen LogP contribution in [0.3, 0.4) is 0 Å². The van der Waals surface area contributed by atoms with E-state index in [-0.39, 0.29) is 0 Å². The lowest BCUT2D eigenvalue weighted by molar-refractivity contribution is 0.252. The van der Waals surface area contributed by atoms with Crippen LogP contribution >= 0.6 is 11.8 Å². The maximum absolute atomic E-state index is 12.1. The molecule has 0 fully saturated rings. The van der Waals surface area contributed by atoms with Crippen molar-refractivity contribution in [1.29, 1.82) is 0 Å². The Morgan fingerprint density at radius 3 is 2.65 bits per heavy atom. The molecule has 1 aromatic carbocycles. The summed E-state index contributed by atoms with van der Waals surface area (Å²) in [4.78, 5) is 4.33. The molecule has 0 saturated carbocycles. The molecule has 1 heterocycles. The largest absolute Gasteiger partial charge is 0.447 e. The minimum Gasteiger partial charge on any atom is -0.447 e. The van der Waals surface area contributed by atoms with Crippen LogP contribution in [0, 0.1) is 0 Å². The van der Waals surface area contributed by atoms with Crippen LogP contribution in [0.15, 0.2) is 46.2 Å². The summed E-state index contributed by atoms with van der Waals surface area (Å²) in [5, 5.41) is 3.10. The number of anilines is 1. The number of halogens is 2. The summed E-state index contributed by atoms with van der Waals surface area (Å²) in [6, 6.07) is 6.81. The SMILES string of the molecule is FC(F)Sc1ccc(NCc2cnco2)cc1. The molecule has 0 radical (unpaired) electrons. The molecule has 2 aromatic rings. The highest BCUT2D eigenvalue weighted by atomic mass is 32.2. The maximum Gasteiger partial charge on any atom is 0.288 e. The Labute approximate surface area is 101 Å². The van der Waals surface area contributed by atoms with Gasteiger partial charge in [0.1, 0.15) is 5.76 Å². The first-order chi connectivity index (χ1) is 8.24. The Morgan fingerprint density at radius 1 is 1.29 bits per heavy atom. The number of thioether (sulfide) groups is 1. The number of hydrogen-bond donors (Lipinski definition) is 1. The van der Waals surface area contributed by atoms with E-state index in [0.717, 1.165) is 11.4 Å². The van der Waals surface area contributed by atoms with E-state index in [2.05, 4.69) is 10.3 Å². The number of hydrogen-bond acceptors (Lipinski definition) is 4. The zero-order chi connectivity index (χ0) is 12.1. The van der Waals surface area contributed by atoms with E-state index in [4.69, 9.17) is 4.42 Å². The summed E-state index contributed by atoms with van der Waals surface area (Å²) in [5.74, 6) is -1.67. The first kappa shape index (κ1) is 11.9. The summed E-state index contributed by atoms with van der Waals surface area (Å²) in [5.41, 5.74) is 0.847. The summed E-state index contributed by atoms with van der Waals surface area (Å²) in [7, 11) is 0. The van der Waals surface area contributed by atoms with E-state index in [1.54, 1.807) is 30.5 Å². The Bertz CT molecular complexity index is 445. The van der Waals surface area contributed by atoms with Gasteiger partial charge in [-0.25, -0.2) is 4.98 Å². The van der Waals surface area contributed by atoms with Crippen LogP contribution < -0.4 is 5.32 Å². The van der Waals surface area contributed by atoms with E-state index in [1.165, 1.54) is 6.39 Å². The summed E-state index contributed by atoms with van der Waals surface area (Å²) < 4.78 is 29.2. The number of benzene rings is 1. The van der Waals surface area contributed by atoms with Gasteiger partial charge >= 0.3 is 0 Å². The van der Waals surface area contributed by atoms with Gasteiger partial charge in [0.2, 0.25) is 0 Å². The van der Waals surface area contributed by atoms with Crippen LogP contribution in [0.2, 0.25) is 0 Å². The predicted molar refractivity (Wildman–Crippen MR) is 62.1 cm³/mol. The van der Waals surface area contributed by atoms with Gasteiger partial charge in [0.25, 0.3) is 5.76 Å². The highest BCUT2D eigenvalue weighted by molar-refractivity contribution is 7.99. The van der Waals surface area contributed by atoms with Crippen molar-refractivity contribution in [2.45, 2.75) is 17.2 Å². The van der Waals surface area contributed by atoms with E-state index in [9.17, 15) is 8.78 Å². The van der Waals surface area contributed by atoms with Crippen LogP contribution in [0.25, 0.3) is 0 Å². The van der Waals surface area contributed by atoms with Gasteiger partial charge in [-0.2, -0.15) is 8.78 Å². The fourth-order valence-corrected chi connectivity index (χ4v) is 1.77. The third-order valence-corrected chi connectivity index (χ3v) is 2.75. The first-order valence-corrected chi connectivity index (χ1v) is 5.78. The number of nitrogens with one attached hydrogen (secondary N) is 1. The van der Waals surface area contributed by atoms with Gasteiger partial charge in [-0.1, -0.05) is 11.8 Å². The molecule has 0 amide bonds. The third kappa shape index (κ3) is 3.74. The molecular formula is C11H10F2N2OS. The highest BCUT2D eigenvalue weighted by Gasteiger charge is 2.04. The minimum atomic E-state index is -2.39. The van der Waals surface area contributed by atoms with Gasteiger partial charge < -0.3 is 9.73 Å². The molecule has 0 atom stereocenters. The Morgan fingerprint density at radius 2 is 2.06 bits per heavy atom. The summed E-state index contributed by atoms with van der Waals surface area (Å²) in [6.07, 6.45) is 2.98. The Hall–Kier alpha value is -1.56. The fraction of sp³-hybridized carbons (Fsp3) is 0.182. The van der Waals surface area contributed by atoms with Crippen molar-refractivity contribution in [3.63, 3.8) is 0 Å². The Kier molecular flexibility index (Phi) is 3.98. The Balaban J connectivity index is 1.89. The average molecular weight is 256 g/mol. The minimum absolute atomic E-state index is 0.515. The molecular weight excluding hydrogens is 246 g/mol. The predicted octanol–water partition coefficient (Wildman–Crippen LogP) is 3.60. The number of rotatable bonds is 5. The zero-order valence-corrected chi connectivity index (χ0v) is 9.58. The van der Waals surface area contributed by atoms with Crippen molar-refractivity contribution in [3.8, 4) is 0 Å². The molecule has 0 aliphatic carbocycles. The number of oxazole rings is 1. The maximum atomic E-state index is 12.1. The third-order valence-electron chi connectivity index (χ3n) is 2.03. The summed E-state index contributed by atoms with van der Waals surface area (Å²) in [6.45, 7) is 0.515. The monoisotopic (exact) mass is 256 g/mol. The average Bonchev–Trinajstić information content (AvgIpc) is 2.80. The van der Waals surface area contributed by atoms with Gasteiger partial charge in [0.05, 0.1) is 12.7 Å². The number of nitrogens with zero attached hydrogens (tertiary/aromatic N) is 1. The van der Waals surface area contributed by atoms with E-state index >= 15 is 0 Å². The molecule has 3 nitrogen and oxygen atoms in total. The number of alkyl halides is 2. The standard InChI is InChI=1S/C11H10F2N2OS/c12-11(13)17-10-3-1-8(2-4-10)15-6-9-5-14-7-16-9/h1-5,7,11,15H,6H2. The second-order valence-corrected chi connectivity index (χ2v) is 4.29. The molecule has 1 aromatic heterocycles. The van der Waals surface area contributed by atoms with Crippen molar-refractivity contribution in [3.05, 3.63) is 42.6 Å². The normalized spacial score (nSPS) is 10.8. The lowest BCUT2D eigenvalue weighted by Crippen LogP contribution is -1.97. The molecule has 17 heavy (non-hydrogen) atoms. The van der Waals surface area contributed by atoms with Crippen LogP contribution in [0.1, 0.15) is 5.76 Å². The number of aromatic nitrogens is 1. The molecule has 2 rings (SSSR count). The molecule has 0 saturated heterocycles. The van der Waals surface area contributed by atoms with Crippen molar-refractivity contribution >= 4 is 17.4 Å². The van der Waals surface area contributed by atoms with Gasteiger partial charge in [-0.3, -0.25) is 0 Å². The lowest BCUT2D eigenvalue weighted by atomic mass is 10.3. The molecule has 0 unspecified atom stereocenters. The van der Waals surface area contributed by atoms with Crippen LogP contribution in [-0.2, 0) is 6.54 Å². The molecule has 0 bridgehead atoms. The van der Waals surface area contributed by atoms with Gasteiger partial charge in [0, 0.05) is 10.6 Å². The van der Waals surface area contributed by atoms with Crippen molar-refractivity contribution in [1.82, 2.24) is 4.98 Å². The molecule has 0 aliphatic rings. The smallest absolute Gasteiger partial charge is 0.288 e. The van der Waals surface area contributed by atoms with E-state index in [1.807, 2.05) is 0 Å². The van der Waals surface area contributed by atoms with Crippen LogP contribution in [-0.4, -0.2) is 10.7 Å². The van der Waals surface area contributed by atoms with E-state index < -0.39 is 5.76 Å². The topological polar surface area (TPSA) is 38.1 Å². The fourth-order valence-electron chi connectivity index (χ4n) is 1.27. The second kappa shape index (κ2) is 5.67. The van der Waals surface area contributed by atoms with Crippen molar-refractivity contribution in [2.24, 2.45) is 0 Å². The molecule has 0 spiro atoms. The second-order valence-electron chi connectivity index (χ2n) is 3.22. The van der Waals surface area contributed by atoms with Crippen LogP contribution in [0.4, 0.5) is 14.5 Å². The quantitative estimate of drug-likeness (QED) is 0.829. The zero-order valence-electron chi connectivity index (χ0n) is 8.77. The van der Waals surface area contributed by atoms with Gasteiger partial charge in [-0.05, 0) is 24.3 Å². The van der Waals surface area contributed by atoms with Crippen molar-refractivity contribution in [2.75, 3.05) is 5.32 Å². The van der Waals surface area contributed by atoms with Gasteiger partial charge in [0.15, 0.2) is 6.39 Å².